The Morgan fingerprint density at radius 2 is 0.905 bits per heavy atom. The SMILES string of the molecule is c1ccc(-c2ccc(-c3nc(-c4ccccc4)nc(-c4ccc(-c5ccc6c(c5)sc5ccc7sc(-c8cccc9oc%10ccccc%10c89)nc7c56)c5ccccc45)n3)cc2)cc1. The number of hydrogen-bond donors (Lipinski definition) is 0. The molecule has 0 saturated heterocycles. The van der Waals surface area contributed by atoms with E-state index in [0.29, 0.717) is 17.5 Å². The quantitative estimate of drug-likeness (QED) is 0.167. The predicted octanol–water partition coefficient (Wildman–Crippen LogP) is 15.9. The summed E-state index contributed by atoms with van der Waals surface area (Å²) in [5.41, 5.74) is 11.4. The molecule has 0 spiro atoms. The van der Waals surface area contributed by atoms with Crippen molar-refractivity contribution in [3.8, 4) is 67.0 Å². The van der Waals surface area contributed by atoms with Gasteiger partial charge in [0.15, 0.2) is 17.5 Å². The van der Waals surface area contributed by atoms with Crippen LogP contribution in [0.2, 0.25) is 0 Å². The molecule has 7 heteroatoms. The number of thiophene rings is 1. The standard InChI is InChI=1S/C56H32N4OS2/c1-3-12-33(13-4-1)34-22-24-36(25-23-34)54-58-53(35-14-5-2-6-15-35)59-55(60-54)41-29-28-38(39-16-7-8-17-40(39)41)37-26-27-43-49(32-37)62-47-30-31-48-52(51(43)47)57-56(63-48)44-19-11-21-46-50(44)42-18-9-10-20-45(42)61-46/h1-32H. The van der Waals surface area contributed by atoms with E-state index in [4.69, 9.17) is 24.4 Å². The number of rotatable bonds is 6. The van der Waals surface area contributed by atoms with Crippen LogP contribution in [0, 0.1) is 0 Å². The number of aromatic nitrogens is 4. The number of thiazole rings is 1. The molecule has 0 saturated carbocycles. The zero-order valence-corrected chi connectivity index (χ0v) is 35.1. The maximum absolute atomic E-state index is 6.24. The Labute approximate surface area is 369 Å². The summed E-state index contributed by atoms with van der Waals surface area (Å²) in [5.74, 6) is 1.91. The van der Waals surface area contributed by atoms with E-state index in [-0.39, 0.29) is 0 Å². The van der Waals surface area contributed by atoms with Gasteiger partial charge in [0.2, 0.25) is 0 Å². The first-order valence-corrected chi connectivity index (χ1v) is 22.5. The molecule has 13 rings (SSSR count). The fourth-order valence-electron chi connectivity index (χ4n) is 9.02. The number of nitrogens with zero attached hydrogens (tertiary/aromatic N) is 4. The topological polar surface area (TPSA) is 64.7 Å². The van der Waals surface area contributed by atoms with Crippen molar-refractivity contribution in [3.63, 3.8) is 0 Å². The maximum atomic E-state index is 6.24. The summed E-state index contributed by atoms with van der Waals surface area (Å²) in [6.45, 7) is 0. The van der Waals surface area contributed by atoms with E-state index in [0.717, 1.165) is 82.2 Å². The first-order valence-electron chi connectivity index (χ1n) is 20.9. The fraction of sp³-hybridized carbons (Fsp3) is 0. The molecular weight excluding hydrogens is 809 g/mol. The Balaban J connectivity index is 0.914. The van der Waals surface area contributed by atoms with Gasteiger partial charge in [-0.05, 0) is 69.4 Å². The van der Waals surface area contributed by atoms with Crippen LogP contribution in [0.3, 0.4) is 0 Å². The Bertz CT molecular complexity index is 3910. The average molecular weight is 841 g/mol. The second-order valence-corrected chi connectivity index (χ2v) is 17.8. The average Bonchev–Trinajstić information content (AvgIpc) is 4.07. The molecule has 13 aromatic rings. The summed E-state index contributed by atoms with van der Waals surface area (Å²) in [5, 5.41) is 7.87. The molecule has 0 N–H and O–H groups in total. The van der Waals surface area contributed by atoms with Gasteiger partial charge in [-0.3, -0.25) is 0 Å². The summed E-state index contributed by atoms with van der Waals surface area (Å²) in [7, 11) is 0. The summed E-state index contributed by atoms with van der Waals surface area (Å²) >= 11 is 3.56. The van der Waals surface area contributed by atoms with E-state index >= 15 is 0 Å². The smallest absolute Gasteiger partial charge is 0.164 e. The molecule has 0 aliphatic carbocycles. The minimum atomic E-state index is 0.634. The van der Waals surface area contributed by atoms with E-state index in [9.17, 15) is 0 Å². The Hall–Kier alpha value is -7.84. The third-order valence-corrected chi connectivity index (χ3v) is 14.2. The van der Waals surface area contributed by atoms with Crippen molar-refractivity contribution in [2.24, 2.45) is 0 Å². The van der Waals surface area contributed by atoms with Crippen molar-refractivity contribution in [2.75, 3.05) is 0 Å². The first-order chi connectivity index (χ1) is 31.2. The highest BCUT2D eigenvalue weighted by Crippen LogP contribution is 2.45. The normalized spacial score (nSPS) is 11.8. The van der Waals surface area contributed by atoms with Gasteiger partial charge in [0.1, 0.15) is 16.2 Å². The largest absolute Gasteiger partial charge is 0.456 e. The molecule has 0 aliphatic heterocycles. The van der Waals surface area contributed by atoms with Crippen LogP contribution in [-0.2, 0) is 0 Å². The summed E-state index contributed by atoms with van der Waals surface area (Å²) in [6, 6.07) is 67.9. The Morgan fingerprint density at radius 3 is 1.70 bits per heavy atom. The summed E-state index contributed by atoms with van der Waals surface area (Å²) < 4.78 is 9.87. The lowest BCUT2D eigenvalue weighted by Crippen LogP contribution is -2.00. The second-order valence-electron chi connectivity index (χ2n) is 15.7. The lowest BCUT2D eigenvalue weighted by atomic mass is 9.94. The molecular formula is C56H32N4OS2. The number of furan rings is 1. The first kappa shape index (κ1) is 35.9. The fourth-order valence-corrected chi connectivity index (χ4v) is 11.2. The van der Waals surface area contributed by atoms with E-state index in [1.165, 1.54) is 30.4 Å². The Kier molecular flexibility index (Phi) is 8.19. The molecule has 63 heavy (non-hydrogen) atoms. The van der Waals surface area contributed by atoms with Crippen molar-refractivity contribution in [1.29, 1.82) is 0 Å². The molecule has 4 heterocycles. The second kappa shape index (κ2) is 14.4. The van der Waals surface area contributed by atoms with Crippen LogP contribution >= 0.6 is 22.7 Å². The zero-order valence-electron chi connectivity index (χ0n) is 33.5. The van der Waals surface area contributed by atoms with Crippen molar-refractivity contribution in [2.45, 2.75) is 0 Å². The van der Waals surface area contributed by atoms with Gasteiger partial charge in [-0.15, -0.1) is 22.7 Å². The molecule has 0 atom stereocenters. The van der Waals surface area contributed by atoms with Crippen LogP contribution in [0.4, 0.5) is 0 Å². The van der Waals surface area contributed by atoms with Crippen LogP contribution in [0.1, 0.15) is 0 Å². The monoisotopic (exact) mass is 840 g/mol. The number of fused-ring (bicyclic) bond motifs is 9. The van der Waals surface area contributed by atoms with E-state index < -0.39 is 0 Å². The molecule has 0 bridgehead atoms. The zero-order chi connectivity index (χ0) is 41.4. The van der Waals surface area contributed by atoms with Crippen LogP contribution in [0.25, 0.3) is 130 Å². The number of para-hydroxylation sites is 1. The third-order valence-electron chi connectivity index (χ3n) is 12.0. The van der Waals surface area contributed by atoms with Gasteiger partial charge < -0.3 is 4.42 Å². The van der Waals surface area contributed by atoms with E-state index in [1.807, 2.05) is 65.9 Å². The van der Waals surface area contributed by atoms with Crippen molar-refractivity contribution < 1.29 is 4.42 Å². The van der Waals surface area contributed by atoms with Gasteiger partial charge in [0.05, 0.1) is 10.2 Å². The highest BCUT2D eigenvalue weighted by atomic mass is 32.1. The molecule has 0 fully saturated rings. The van der Waals surface area contributed by atoms with Gasteiger partial charge in [0.25, 0.3) is 0 Å². The van der Waals surface area contributed by atoms with Crippen molar-refractivity contribution in [3.05, 3.63) is 194 Å². The maximum Gasteiger partial charge on any atom is 0.164 e. The summed E-state index contributed by atoms with van der Waals surface area (Å²) in [6.07, 6.45) is 0. The lowest BCUT2D eigenvalue weighted by Gasteiger charge is -2.13. The minimum absolute atomic E-state index is 0.634. The number of benzene rings is 9. The van der Waals surface area contributed by atoms with Gasteiger partial charge >= 0.3 is 0 Å². The van der Waals surface area contributed by atoms with Crippen LogP contribution in [0.5, 0.6) is 0 Å². The lowest BCUT2D eigenvalue weighted by molar-refractivity contribution is 0.669. The van der Waals surface area contributed by atoms with Crippen LogP contribution in [-0.4, -0.2) is 19.9 Å². The summed E-state index contributed by atoms with van der Waals surface area (Å²) in [4.78, 5) is 20.7. The van der Waals surface area contributed by atoms with Gasteiger partial charge in [0, 0.05) is 53.2 Å². The highest BCUT2D eigenvalue weighted by molar-refractivity contribution is 7.26. The van der Waals surface area contributed by atoms with Gasteiger partial charge in [-0.2, -0.15) is 0 Å². The van der Waals surface area contributed by atoms with Crippen molar-refractivity contribution in [1.82, 2.24) is 19.9 Å². The van der Waals surface area contributed by atoms with Gasteiger partial charge in [-0.1, -0.05) is 158 Å². The van der Waals surface area contributed by atoms with Crippen LogP contribution in [0.15, 0.2) is 199 Å². The van der Waals surface area contributed by atoms with Crippen LogP contribution < -0.4 is 0 Å². The molecule has 0 unspecified atom stereocenters. The molecule has 0 aliphatic rings. The highest BCUT2D eigenvalue weighted by Gasteiger charge is 2.20. The molecule has 4 aromatic heterocycles. The van der Waals surface area contributed by atoms with Gasteiger partial charge in [-0.25, -0.2) is 19.9 Å². The molecule has 5 nitrogen and oxygen atoms in total. The minimum Gasteiger partial charge on any atom is -0.456 e. The molecule has 294 valence electrons. The molecule has 0 amide bonds. The predicted molar refractivity (Wildman–Crippen MR) is 263 cm³/mol. The van der Waals surface area contributed by atoms with E-state index in [1.54, 1.807) is 11.3 Å². The molecule has 0 radical (unpaired) electrons. The molecule has 9 aromatic carbocycles. The van der Waals surface area contributed by atoms with E-state index in [2.05, 4.69) is 140 Å². The van der Waals surface area contributed by atoms with Crippen molar-refractivity contribution >= 4 is 85.8 Å². The Morgan fingerprint density at radius 1 is 0.317 bits per heavy atom. The number of hydrogen-bond acceptors (Lipinski definition) is 7. The third kappa shape index (κ3) is 5.97.